The predicted octanol–water partition coefficient (Wildman–Crippen LogP) is 3.75. The standard InChI is InChI=1S/C15H22BrNO/c1-12-8-15(6-5-14(12)9-16)17(2)10-13-4-3-7-18-11-13/h5-6,8,13H,3-4,7,9-11H2,1-2H3. The van der Waals surface area contributed by atoms with E-state index < -0.39 is 0 Å². The van der Waals surface area contributed by atoms with Crippen LogP contribution in [0.1, 0.15) is 24.0 Å². The molecule has 0 saturated carbocycles. The molecule has 0 bridgehead atoms. The third kappa shape index (κ3) is 3.48. The van der Waals surface area contributed by atoms with Gasteiger partial charge in [0.15, 0.2) is 0 Å². The smallest absolute Gasteiger partial charge is 0.0511 e. The monoisotopic (exact) mass is 311 g/mol. The molecule has 0 aromatic heterocycles. The summed E-state index contributed by atoms with van der Waals surface area (Å²) >= 11 is 3.52. The Morgan fingerprint density at radius 1 is 1.44 bits per heavy atom. The van der Waals surface area contributed by atoms with Crippen molar-refractivity contribution in [2.24, 2.45) is 5.92 Å². The molecule has 1 aromatic carbocycles. The van der Waals surface area contributed by atoms with Crippen LogP contribution in [0.5, 0.6) is 0 Å². The first-order chi connectivity index (χ1) is 8.70. The summed E-state index contributed by atoms with van der Waals surface area (Å²) in [6.45, 7) is 5.13. The molecule has 0 aliphatic carbocycles. The number of halogens is 1. The Labute approximate surface area is 118 Å². The van der Waals surface area contributed by atoms with Crippen molar-refractivity contribution in [2.75, 3.05) is 31.7 Å². The van der Waals surface area contributed by atoms with Crippen LogP contribution in [-0.4, -0.2) is 26.8 Å². The number of aryl methyl sites for hydroxylation is 1. The number of nitrogens with zero attached hydrogens (tertiary/aromatic N) is 1. The maximum Gasteiger partial charge on any atom is 0.0511 e. The van der Waals surface area contributed by atoms with Gasteiger partial charge in [-0.1, -0.05) is 22.0 Å². The second-order valence-corrected chi connectivity index (χ2v) is 5.77. The molecular formula is C15H22BrNO. The van der Waals surface area contributed by atoms with E-state index in [1.54, 1.807) is 0 Å². The lowest BCUT2D eigenvalue weighted by Gasteiger charge is -2.28. The zero-order chi connectivity index (χ0) is 13.0. The summed E-state index contributed by atoms with van der Waals surface area (Å²) in [6, 6.07) is 6.71. The van der Waals surface area contributed by atoms with E-state index in [4.69, 9.17) is 4.74 Å². The maximum atomic E-state index is 5.55. The number of hydrogen-bond donors (Lipinski definition) is 0. The molecule has 2 rings (SSSR count). The van der Waals surface area contributed by atoms with E-state index in [-0.39, 0.29) is 0 Å². The Morgan fingerprint density at radius 3 is 2.89 bits per heavy atom. The largest absolute Gasteiger partial charge is 0.381 e. The Kier molecular flexibility index (Phi) is 5.07. The predicted molar refractivity (Wildman–Crippen MR) is 80.6 cm³/mol. The molecular weight excluding hydrogens is 290 g/mol. The van der Waals surface area contributed by atoms with Crippen LogP contribution in [0.3, 0.4) is 0 Å². The number of ether oxygens (including phenoxy) is 1. The number of hydrogen-bond acceptors (Lipinski definition) is 2. The van der Waals surface area contributed by atoms with E-state index in [2.05, 4.69) is 53.0 Å². The number of rotatable bonds is 4. The summed E-state index contributed by atoms with van der Waals surface area (Å²) in [5, 5.41) is 0.930. The van der Waals surface area contributed by atoms with Gasteiger partial charge in [0.1, 0.15) is 0 Å². The average Bonchev–Trinajstić information content (AvgIpc) is 2.39. The van der Waals surface area contributed by atoms with Crippen LogP contribution in [0.4, 0.5) is 5.69 Å². The summed E-state index contributed by atoms with van der Waals surface area (Å²) in [7, 11) is 2.18. The zero-order valence-electron chi connectivity index (χ0n) is 11.3. The molecule has 1 aromatic rings. The minimum absolute atomic E-state index is 0.680. The lowest BCUT2D eigenvalue weighted by atomic mass is 10.0. The van der Waals surface area contributed by atoms with E-state index in [0.717, 1.165) is 25.1 Å². The van der Waals surface area contributed by atoms with Crippen LogP contribution in [0.25, 0.3) is 0 Å². The molecule has 1 fully saturated rings. The van der Waals surface area contributed by atoms with Gasteiger partial charge < -0.3 is 9.64 Å². The summed E-state index contributed by atoms with van der Waals surface area (Å²) in [6.07, 6.45) is 2.50. The van der Waals surface area contributed by atoms with Gasteiger partial charge in [-0.2, -0.15) is 0 Å². The first-order valence-corrected chi connectivity index (χ1v) is 7.77. The minimum Gasteiger partial charge on any atom is -0.381 e. The molecule has 1 heterocycles. The molecule has 0 radical (unpaired) electrons. The van der Waals surface area contributed by atoms with Gasteiger partial charge in [0.2, 0.25) is 0 Å². The molecule has 0 amide bonds. The zero-order valence-corrected chi connectivity index (χ0v) is 12.9. The van der Waals surface area contributed by atoms with Crippen LogP contribution in [0.2, 0.25) is 0 Å². The van der Waals surface area contributed by atoms with Crippen molar-refractivity contribution in [3.63, 3.8) is 0 Å². The van der Waals surface area contributed by atoms with Crippen LogP contribution in [0.15, 0.2) is 18.2 Å². The highest BCUT2D eigenvalue weighted by Crippen LogP contribution is 2.22. The van der Waals surface area contributed by atoms with Gasteiger partial charge in [-0.05, 0) is 48.9 Å². The fraction of sp³-hybridized carbons (Fsp3) is 0.600. The maximum absolute atomic E-state index is 5.55. The molecule has 1 atom stereocenters. The van der Waals surface area contributed by atoms with Gasteiger partial charge in [0.05, 0.1) is 6.61 Å². The number of anilines is 1. The van der Waals surface area contributed by atoms with E-state index in [1.807, 2.05) is 0 Å². The number of alkyl halides is 1. The van der Waals surface area contributed by atoms with Crippen LogP contribution in [0, 0.1) is 12.8 Å². The van der Waals surface area contributed by atoms with E-state index >= 15 is 0 Å². The Balaban J connectivity index is 1.99. The normalized spacial score (nSPS) is 19.8. The van der Waals surface area contributed by atoms with Crippen LogP contribution >= 0.6 is 15.9 Å². The summed E-state index contributed by atoms with van der Waals surface area (Å²) in [5.74, 6) is 0.680. The summed E-state index contributed by atoms with van der Waals surface area (Å²) in [4.78, 5) is 2.35. The van der Waals surface area contributed by atoms with Crippen molar-refractivity contribution < 1.29 is 4.74 Å². The third-order valence-electron chi connectivity index (χ3n) is 3.70. The van der Waals surface area contributed by atoms with Crippen molar-refractivity contribution in [3.8, 4) is 0 Å². The Morgan fingerprint density at radius 2 is 2.28 bits per heavy atom. The van der Waals surface area contributed by atoms with Crippen molar-refractivity contribution in [2.45, 2.75) is 25.1 Å². The quantitative estimate of drug-likeness (QED) is 0.785. The molecule has 1 unspecified atom stereocenters. The van der Waals surface area contributed by atoms with E-state index in [9.17, 15) is 0 Å². The van der Waals surface area contributed by atoms with Gasteiger partial charge in [0.25, 0.3) is 0 Å². The van der Waals surface area contributed by atoms with Crippen LogP contribution < -0.4 is 4.90 Å². The SMILES string of the molecule is Cc1cc(N(C)CC2CCCOC2)ccc1CBr. The topological polar surface area (TPSA) is 12.5 Å². The molecule has 18 heavy (non-hydrogen) atoms. The first kappa shape index (κ1) is 13.9. The molecule has 1 aliphatic rings. The first-order valence-electron chi connectivity index (χ1n) is 6.65. The minimum atomic E-state index is 0.680. The molecule has 2 nitrogen and oxygen atoms in total. The fourth-order valence-corrected chi connectivity index (χ4v) is 3.14. The Hall–Kier alpha value is -0.540. The van der Waals surface area contributed by atoms with Crippen LogP contribution in [-0.2, 0) is 10.1 Å². The van der Waals surface area contributed by atoms with Gasteiger partial charge in [-0.15, -0.1) is 0 Å². The van der Waals surface area contributed by atoms with E-state index in [0.29, 0.717) is 5.92 Å². The molecule has 1 saturated heterocycles. The van der Waals surface area contributed by atoms with Gasteiger partial charge >= 0.3 is 0 Å². The summed E-state index contributed by atoms with van der Waals surface area (Å²) in [5.41, 5.74) is 4.03. The molecule has 1 aliphatic heterocycles. The van der Waals surface area contributed by atoms with Gasteiger partial charge in [-0.25, -0.2) is 0 Å². The van der Waals surface area contributed by atoms with Crippen molar-refractivity contribution in [1.29, 1.82) is 0 Å². The van der Waals surface area contributed by atoms with Gasteiger partial charge in [-0.3, -0.25) is 0 Å². The van der Waals surface area contributed by atoms with Crippen molar-refractivity contribution in [3.05, 3.63) is 29.3 Å². The third-order valence-corrected chi connectivity index (χ3v) is 4.30. The highest BCUT2D eigenvalue weighted by molar-refractivity contribution is 9.08. The second kappa shape index (κ2) is 6.58. The number of benzene rings is 1. The Bertz CT molecular complexity index is 388. The lowest BCUT2D eigenvalue weighted by Crippen LogP contribution is -2.30. The van der Waals surface area contributed by atoms with Crippen molar-refractivity contribution in [1.82, 2.24) is 0 Å². The second-order valence-electron chi connectivity index (χ2n) is 5.21. The molecule has 0 spiro atoms. The lowest BCUT2D eigenvalue weighted by molar-refractivity contribution is 0.0576. The molecule has 100 valence electrons. The summed E-state index contributed by atoms with van der Waals surface area (Å²) < 4.78 is 5.55. The van der Waals surface area contributed by atoms with Crippen molar-refractivity contribution >= 4 is 21.6 Å². The average molecular weight is 312 g/mol. The highest BCUT2D eigenvalue weighted by atomic mass is 79.9. The van der Waals surface area contributed by atoms with Gasteiger partial charge in [0, 0.05) is 31.2 Å². The molecule has 3 heteroatoms. The van der Waals surface area contributed by atoms with E-state index in [1.165, 1.54) is 29.7 Å². The highest BCUT2D eigenvalue weighted by Gasteiger charge is 2.16. The fourth-order valence-electron chi connectivity index (χ4n) is 2.51. The molecule has 0 N–H and O–H groups in total.